The van der Waals surface area contributed by atoms with Crippen molar-refractivity contribution in [3.05, 3.63) is 69.7 Å². The van der Waals surface area contributed by atoms with Gasteiger partial charge in [-0.05, 0) is 17.7 Å². The van der Waals surface area contributed by atoms with Crippen molar-refractivity contribution in [1.29, 1.82) is 0 Å². The maximum atomic E-state index is 12.1. The van der Waals surface area contributed by atoms with Crippen molar-refractivity contribution in [2.45, 2.75) is 12.5 Å². The lowest BCUT2D eigenvalue weighted by Crippen LogP contribution is -2.49. The van der Waals surface area contributed by atoms with Gasteiger partial charge in [-0.2, -0.15) is 0 Å². The van der Waals surface area contributed by atoms with Gasteiger partial charge in [-0.1, -0.05) is 59.6 Å². The smallest absolute Gasteiger partial charge is 0.322 e. The number of halogens is 2. The Balaban J connectivity index is 2.04. The van der Waals surface area contributed by atoms with Gasteiger partial charge >= 0.3 is 5.97 Å². The van der Waals surface area contributed by atoms with E-state index in [4.69, 9.17) is 23.2 Å². The van der Waals surface area contributed by atoms with Gasteiger partial charge in [-0.15, -0.1) is 0 Å². The third kappa shape index (κ3) is 4.69. The summed E-state index contributed by atoms with van der Waals surface area (Å²) in [6.45, 7) is 0. The minimum Gasteiger partial charge on any atom is -0.480 e. The van der Waals surface area contributed by atoms with E-state index in [9.17, 15) is 14.7 Å². The van der Waals surface area contributed by atoms with Gasteiger partial charge in [0.1, 0.15) is 6.04 Å². The molecule has 0 saturated heterocycles. The van der Waals surface area contributed by atoms with Crippen molar-refractivity contribution >= 4 is 35.1 Å². The first-order valence-electron chi connectivity index (χ1n) is 6.75. The summed E-state index contributed by atoms with van der Waals surface area (Å²) in [4.78, 5) is 23.5. The maximum Gasteiger partial charge on any atom is 0.322 e. The monoisotopic (exact) mass is 352 g/mol. The Labute approximate surface area is 143 Å². The van der Waals surface area contributed by atoms with Gasteiger partial charge in [-0.3, -0.25) is 15.0 Å². The lowest BCUT2D eigenvalue weighted by atomic mass is 10.1. The number of benzene rings is 2. The molecule has 0 aliphatic rings. The number of nitrogens with one attached hydrogen (secondary N) is 2. The van der Waals surface area contributed by atoms with Gasteiger partial charge in [0.25, 0.3) is 5.91 Å². The van der Waals surface area contributed by atoms with Gasteiger partial charge in [0, 0.05) is 6.42 Å². The van der Waals surface area contributed by atoms with E-state index in [1.54, 1.807) is 6.07 Å². The second-order valence-electron chi connectivity index (χ2n) is 4.78. The molecule has 7 heteroatoms. The highest BCUT2D eigenvalue weighted by Crippen LogP contribution is 2.23. The van der Waals surface area contributed by atoms with Crippen LogP contribution in [-0.2, 0) is 11.2 Å². The van der Waals surface area contributed by atoms with E-state index in [0.717, 1.165) is 5.56 Å². The number of amides is 1. The molecular weight excluding hydrogens is 339 g/mol. The third-order valence-corrected chi connectivity index (χ3v) is 3.76. The topological polar surface area (TPSA) is 78.4 Å². The summed E-state index contributed by atoms with van der Waals surface area (Å²) in [7, 11) is 0. The molecule has 0 spiro atoms. The standard InChI is InChI=1S/C16H14Cl2N2O3/c17-11-7-4-8-12(18)14(11)15(21)20-19-13(16(22)23)9-10-5-2-1-3-6-10/h1-8,13,19H,9H2,(H,20,21)(H,22,23)/t13-/m0/s1. The van der Waals surface area contributed by atoms with Crippen LogP contribution in [0.3, 0.4) is 0 Å². The van der Waals surface area contributed by atoms with E-state index in [-0.39, 0.29) is 22.0 Å². The lowest BCUT2D eigenvalue weighted by molar-refractivity contribution is -0.139. The van der Waals surface area contributed by atoms with Gasteiger partial charge in [0.05, 0.1) is 15.6 Å². The van der Waals surface area contributed by atoms with Crippen LogP contribution < -0.4 is 10.9 Å². The summed E-state index contributed by atoms with van der Waals surface area (Å²) in [5.74, 6) is -1.68. The summed E-state index contributed by atoms with van der Waals surface area (Å²) in [5.41, 5.74) is 5.77. The van der Waals surface area contributed by atoms with E-state index in [1.807, 2.05) is 30.3 Å². The molecule has 0 unspecified atom stereocenters. The van der Waals surface area contributed by atoms with Crippen molar-refractivity contribution < 1.29 is 14.7 Å². The number of rotatable bonds is 6. The number of carbonyl (C=O) groups excluding carboxylic acids is 1. The van der Waals surface area contributed by atoms with Crippen molar-refractivity contribution in [2.24, 2.45) is 0 Å². The van der Waals surface area contributed by atoms with E-state index >= 15 is 0 Å². The molecule has 2 rings (SSSR count). The minimum atomic E-state index is -1.08. The second kappa shape index (κ2) is 7.97. The average Bonchev–Trinajstić information content (AvgIpc) is 2.52. The largest absolute Gasteiger partial charge is 0.480 e. The third-order valence-electron chi connectivity index (χ3n) is 3.13. The number of aliphatic carboxylic acids is 1. The van der Waals surface area contributed by atoms with Gasteiger partial charge in [0.15, 0.2) is 0 Å². The highest BCUT2D eigenvalue weighted by molar-refractivity contribution is 6.39. The van der Waals surface area contributed by atoms with E-state index in [1.165, 1.54) is 12.1 Å². The molecule has 1 atom stereocenters. The fraction of sp³-hybridized carbons (Fsp3) is 0.125. The first-order chi connectivity index (χ1) is 11.0. The highest BCUT2D eigenvalue weighted by atomic mass is 35.5. The summed E-state index contributed by atoms with van der Waals surface area (Å²) in [6, 6.07) is 12.8. The van der Waals surface area contributed by atoms with Crippen LogP contribution in [0, 0.1) is 0 Å². The highest BCUT2D eigenvalue weighted by Gasteiger charge is 2.20. The fourth-order valence-electron chi connectivity index (χ4n) is 1.98. The molecule has 0 aliphatic carbocycles. The Morgan fingerprint density at radius 3 is 2.17 bits per heavy atom. The van der Waals surface area contributed by atoms with Gasteiger partial charge in [-0.25, -0.2) is 5.43 Å². The van der Waals surface area contributed by atoms with Crippen LogP contribution >= 0.6 is 23.2 Å². The molecule has 1 amide bonds. The Morgan fingerprint density at radius 2 is 1.61 bits per heavy atom. The first-order valence-corrected chi connectivity index (χ1v) is 7.51. The van der Waals surface area contributed by atoms with Crippen LogP contribution in [0.1, 0.15) is 15.9 Å². The van der Waals surface area contributed by atoms with E-state index in [0.29, 0.717) is 0 Å². The van der Waals surface area contributed by atoms with Gasteiger partial charge in [0.2, 0.25) is 0 Å². The van der Waals surface area contributed by atoms with Crippen molar-refractivity contribution in [3.63, 3.8) is 0 Å². The molecule has 0 bridgehead atoms. The molecule has 120 valence electrons. The van der Waals surface area contributed by atoms with Crippen LogP contribution in [0.5, 0.6) is 0 Å². The first kappa shape index (κ1) is 17.3. The molecule has 0 radical (unpaired) electrons. The van der Waals surface area contributed by atoms with Crippen LogP contribution in [0.4, 0.5) is 0 Å². The van der Waals surface area contributed by atoms with Crippen molar-refractivity contribution in [2.75, 3.05) is 0 Å². The number of carbonyl (C=O) groups is 2. The molecule has 0 aliphatic heterocycles. The van der Waals surface area contributed by atoms with Crippen LogP contribution in [0.25, 0.3) is 0 Å². The number of hydrogen-bond donors (Lipinski definition) is 3. The Bertz CT molecular complexity index is 687. The predicted octanol–water partition coefficient (Wildman–Crippen LogP) is 2.92. The molecule has 5 nitrogen and oxygen atoms in total. The fourth-order valence-corrected chi connectivity index (χ4v) is 2.55. The molecule has 0 heterocycles. The Hall–Kier alpha value is -2.08. The molecule has 2 aromatic carbocycles. The van der Waals surface area contributed by atoms with Gasteiger partial charge < -0.3 is 5.11 Å². The lowest BCUT2D eigenvalue weighted by Gasteiger charge is -2.16. The molecular formula is C16H14Cl2N2O3. The zero-order valence-electron chi connectivity index (χ0n) is 11.9. The number of hydrazine groups is 1. The zero-order chi connectivity index (χ0) is 16.8. The van der Waals surface area contributed by atoms with Crippen molar-refractivity contribution in [3.8, 4) is 0 Å². The zero-order valence-corrected chi connectivity index (χ0v) is 13.4. The van der Waals surface area contributed by atoms with E-state index < -0.39 is 17.9 Å². The SMILES string of the molecule is O=C(NN[C@@H](Cc1ccccc1)C(=O)O)c1c(Cl)cccc1Cl. The molecule has 2 aromatic rings. The molecule has 3 N–H and O–H groups in total. The molecule has 23 heavy (non-hydrogen) atoms. The van der Waals surface area contributed by atoms with Crippen LogP contribution in [-0.4, -0.2) is 23.0 Å². The summed E-state index contributed by atoms with van der Waals surface area (Å²) < 4.78 is 0. The van der Waals surface area contributed by atoms with E-state index in [2.05, 4.69) is 10.9 Å². The quantitative estimate of drug-likeness (QED) is 0.698. The normalized spacial score (nSPS) is 11.7. The van der Waals surface area contributed by atoms with Crippen LogP contribution in [0.2, 0.25) is 10.0 Å². The Morgan fingerprint density at radius 1 is 1.00 bits per heavy atom. The summed E-state index contributed by atoms with van der Waals surface area (Å²) in [5, 5.41) is 9.63. The maximum absolute atomic E-state index is 12.1. The second-order valence-corrected chi connectivity index (χ2v) is 5.59. The molecule has 0 fully saturated rings. The number of carboxylic acids is 1. The summed E-state index contributed by atoms with van der Waals surface area (Å²) >= 11 is 11.9. The summed E-state index contributed by atoms with van der Waals surface area (Å²) in [6.07, 6.45) is 0.215. The molecule has 0 aromatic heterocycles. The van der Waals surface area contributed by atoms with Crippen LogP contribution in [0.15, 0.2) is 48.5 Å². The number of hydrogen-bond acceptors (Lipinski definition) is 3. The Kier molecular flexibility index (Phi) is 5.98. The number of carboxylic acid groups (broad SMARTS) is 1. The average molecular weight is 353 g/mol. The van der Waals surface area contributed by atoms with Crippen molar-refractivity contribution in [1.82, 2.24) is 10.9 Å². The molecule has 0 saturated carbocycles. The minimum absolute atomic E-state index is 0.0900. The predicted molar refractivity (Wildman–Crippen MR) is 88.6 cm³/mol.